The lowest BCUT2D eigenvalue weighted by Gasteiger charge is -2.30. The molecular weight excluding hydrogens is 242 g/mol. The van der Waals surface area contributed by atoms with Gasteiger partial charge in [0, 0.05) is 19.5 Å². The van der Waals surface area contributed by atoms with Crippen LogP contribution in [0.2, 0.25) is 0 Å². The summed E-state index contributed by atoms with van der Waals surface area (Å²) < 4.78 is 5.29. The Hall–Kier alpha value is -0.770. The van der Waals surface area contributed by atoms with Crippen LogP contribution in [0, 0.1) is 11.8 Å². The van der Waals surface area contributed by atoms with E-state index in [1.165, 1.54) is 0 Å². The third kappa shape index (κ3) is 2.15. The molecule has 2 fully saturated rings. The number of carbonyl (C=O) groups excluding carboxylic acids is 2. The van der Waals surface area contributed by atoms with Crippen molar-refractivity contribution in [3.05, 3.63) is 0 Å². The maximum absolute atomic E-state index is 12.1. The summed E-state index contributed by atoms with van der Waals surface area (Å²) in [5.41, 5.74) is 0. The van der Waals surface area contributed by atoms with Crippen molar-refractivity contribution in [3.8, 4) is 0 Å². The zero-order valence-corrected chi connectivity index (χ0v) is 10.9. The molecule has 2 rings (SSSR count). The van der Waals surface area contributed by atoms with Gasteiger partial charge in [-0.1, -0.05) is 6.42 Å². The van der Waals surface area contributed by atoms with Gasteiger partial charge in [-0.15, -0.1) is 11.6 Å². The Balaban J connectivity index is 2.17. The van der Waals surface area contributed by atoms with Crippen molar-refractivity contribution in [2.24, 2.45) is 11.8 Å². The molecule has 0 aromatic rings. The van der Waals surface area contributed by atoms with Crippen LogP contribution in [0.4, 0.5) is 0 Å². The SMILES string of the molecule is CCN(C)C(=O)C1C(=O)OC2C(Cl)CCCC12. The van der Waals surface area contributed by atoms with Gasteiger partial charge < -0.3 is 9.64 Å². The number of esters is 1. The summed E-state index contributed by atoms with van der Waals surface area (Å²) in [6.07, 6.45) is 2.41. The lowest BCUT2D eigenvalue weighted by Crippen LogP contribution is -2.41. The van der Waals surface area contributed by atoms with Crippen LogP contribution in [0.25, 0.3) is 0 Å². The number of hydrogen-bond donors (Lipinski definition) is 0. The normalized spacial score (nSPS) is 36.3. The highest BCUT2D eigenvalue weighted by Gasteiger charge is 2.52. The standard InChI is InChI=1S/C12H18ClNO3/c1-3-14(2)11(15)9-7-5-4-6-8(13)10(7)17-12(9)16/h7-10H,3-6H2,1-2H3. The van der Waals surface area contributed by atoms with Crippen LogP contribution in [-0.4, -0.2) is 41.8 Å². The van der Waals surface area contributed by atoms with Gasteiger partial charge in [0.25, 0.3) is 0 Å². The number of ether oxygens (including phenoxy) is 1. The molecule has 1 saturated heterocycles. The molecule has 4 atom stereocenters. The lowest BCUT2D eigenvalue weighted by atomic mass is 9.79. The fourth-order valence-corrected chi connectivity index (χ4v) is 3.11. The minimum atomic E-state index is -0.633. The number of nitrogens with zero attached hydrogens (tertiary/aromatic N) is 1. The van der Waals surface area contributed by atoms with Gasteiger partial charge in [0.15, 0.2) is 0 Å². The van der Waals surface area contributed by atoms with Gasteiger partial charge in [-0.3, -0.25) is 9.59 Å². The van der Waals surface area contributed by atoms with Crippen molar-refractivity contribution < 1.29 is 14.3 Å². The Kier molecular flexibility index (Phi) is 3.61. The van der Waals surface area contributed by atoms with Crippen LogP contribution in [0.1, 0.15) is 26.2 Å². The Morgan fingerprint density at radius 2 is 2.24 bits per heavy atom. The predicted molar refractivity (Wildman–Crippen MR) is 63.7 cm³/mol. The van der Waals surface area contributed by atoms with Gasteiger partial charge >= 0.3 is 5.97 Å². The molecule has 0 N–H and O–H groups in total. The molecule has 0 radical (unpaired) electrons. The quantitative estimate of drug-likeness (QED) is 0.428. The van der Waals surface area contributed by atoms with E-state index in [1.54, 1.807) is 11.9 Å². The van der Waals surface area contributed by atoms with Crippen LogP contribution in [0.5, 0.6) is 0 Å². The largest absolute Gasteiger partial charge is 0.460 e. The fourth-order valence-electron chi connectivity index (χ4n) is 2.72. The lowest BCUT2D eigenvalue weighted by molar-refractivity contribution is -0.149. The van der Waals surface area contributed by atoms with Crippen molar-refractivity contribution in [1.82, 2.24) is 4.90 Å². The minimum Gasteiger partial charge on any atom is -0.460 e. The molecule has 5 heteroatoms. The van der Waals surface area contributed by atoms with E-state index >= 15 is 0 Å². The fraction of sp³-hybridized carbons (Fsp3) is 0.833. The number of hydrogen-bond acceptors (Lipinski definition) is 3. The summed E-state index contributed by atoms with van der Waals surface area (Å²) in [5, 5.41) is -0.137. The Labute approximate surface area is 106 Å². The van der Waals surface area contributed by atoms with Crippen molar-refractivity contribution in [2.75, 3.05) is 13.6 Å². The first-order valence-corrected chi connectivity index (χ1v) is 6.59. The van der Waals surface area contributed by atoms with Gasteiger partial charge in [0.2, 0.25) is 5.91 Å². The average Bonchev–Trinajstić information content (AvgIpc) is 2.65. The molecular formula is C12H18ClNO3. The first kappa shape index (κ1) is 12.7. The molecule has 4 unspecified atom stereocenters. The highest BCUT2D eigenvalue weighted by Crippen LogP contribution is 2.41. The second-order valence-corrected chi connectivity index (χ2v) is 5.40. The van der Waals surface area contributed by atoms with Crippen LogP contribution >= 0.6 is 11.6 Å². The van der Waals surface area contributed by atoms with E-state index in [0.29, 0.717) is 6.54 Å². The molecule has 1 heterocycles. The first-order valence-electron chi connectivity index (χ1n) is 6.15. The number of rotatable bonds is 2. The maximum atomic E-state index is 12.1. The van der Waals surface area contributed by atoms with Crippen LogP contribution in [0.15, 0.2) is 0 Å². The summed E-state index contributed by atoms with van der Waals surface area (Å²) in [6, 6.07) is 0. The van der Waals surface area contributed by atoms with E-state index < -0.39 is 11.9 Å². The Bertz CT molecular complexity index is 334. The van der Waals surface area contributed by atoms with Crippen molar-refractivity contribution >= 4 is 23.5 Å². The van der Waals surface area contributed by atoms with E-state index in [2.05, 4.69) is 0 Å². The van der Waals surface area contributed by atoms with Gasteiger partial charge in [-0.05, 0) is 19.8 Å². The number of alkyl halides is 1. The highest BCUT2D eigenvalue weighted by atomic mass is 35.5. The molecule has 0 aromatic carbocycles. The van der Waals surface area contributed by atoms with E-state index in [0.717, 1.165) is 19.3 Å². The molecule has 1 amide bonds. The molecule has 0 spiro atoms. The van der Waals surface area contributed by atoms with E-state index in [-0.39, 0.29) is 23.3 Å². The molecule has 1 aliphatic heterocycles. The molecule has 96 valence electrons. The number of fused-ring (bicyclic) bond motifs is 1. The van der Waals surface area contributed by atoms with Gasteiger partial charge in [0.05, 0.1) is 5.38 Å². The maximum Gasteiger partial charge on any atom is 0.319 e. The molecule has 1 aliphatic carbocycles. The second-order valence-electron chi connectivity index (χ2n) is 4.84. The predicted octanol–water partition coefficient (Wildman–Crippen LogP) is 1.41. The van der Waals surface area contributed by atoms with Crippen molar-refractivity contribution in [3.63, 3.8) is 0 Å². The van der Waals surface area contributed by atoms with Crippen LogP contribution in [0.3, 0.4) is 0 Å². The van der Waals surface area contributed by atoms with E-state index in [9.17, 15) is 9.59 Å². The summed E-state index contributed by atoms with van der Waals surface area (Å²) in [5.74, 6) is -1.18. The van der Waals surface area contributed by atoms with Gasteiger partial charge in [-0.25, -0.2) is 0 Å². The molecule has 17 heavy (non-hydrogen) atoms. The average molecular weight is 260 g/mol. The summed E-state index contributed by atoms with van der Waals surface area (Å²) >= 11 is 6.16. The summed E-state index contributed by atoms with van der Waals surface area (Å²) in [4.78, 5) is 25.5. The molecule has 0 bridgehead atoms. The minimum absolute atomic E-state index is 0.0275. The van der Waals surface area contributed by atoms with Crippen LogP contribution in [-0.2, 0) is 14.3 Å². The molecule has 0 aromatic heterocycles. The van der Waals surface area contributed by atoms with Gasteiger partial charge in [0.1, 0.15) is 12.0 Å². The zero-order chi connectivity index (χ0) is 12.6. The smallest absolute Gasteiger partial charge is 0.319 e. The first-order chi connectivity index (χ1) is 8.06. The molecule has 1 saturated carbocycles. The number of amides is 1. The Morgan fingerprint density at radius 3 is 2.88 bits per heavy atom. The van der Waals surface area contributed by atoms with E-state index in [4.69, 9.17) is 16.3 Å². The van der Waals surface area contributed by atoms with Gasteiger partial charge in [-0.2, -0.15) is 0 Å². The van der Waals surface area contributed by atoms with E-state index in [1.807, 2.05) is 6.92 Å². The van der Waals surface area contributed by atoms with Crippen molar-refractivity contribution in [1.29, 1.82) is 0 Å². The molecule has 4 nitrogen and oxygen atoms in total. The number of halogens is 1. The monoisotopic (exact) mass is 259 g/mol. The van der Waals surface area contributed by atoms with Crippen LogP contribution < -0.4 is 0 Å². The third-order valence-corrected chi connectivity index (χ3v) is 4.31. The Morgan fingerprint density at radius 1 is 1.53 bits per heavy atom. The third-order valence-electron chi connectivity index (χ3n) is 3.85. The summed E-state index contributed by atoms with van der Waals surface area (Å²) in [6.45, 7) is 2.49. The molecule has 2 aliphatic rings. The second kappa shape index (κ2) is 4.84. The number of carbonyl (C=O) groups is 2. The van der Waals surface area contributed by atoms with Crippen molar-refractivity contribution in [2.45, 2.75) is 37.7 Å². The summed E-state index contributed by atoms with van der Waals surface area (Å²) in [7, 11) is 1.71. The zero-order valence-electron chi connectivity index (χ0n) is 10.2. The topological polar surface area (TPSA) is 46.6 Å². The highest BCUT2D eigenvalue weighted by molar-refractivity contribution is 6.21.